The Balaban J connectivity index is 1.98. The quantitative estimate of drug-likeness (QED) is 0.717. The fourth-order valence-corrected chi connectivity index (χ4v) is 1.97. The average Bonchev–Trinajstić information content (AvgIpc) is 2.86. The number of fused-ring (bicyclic) bond motifs is 1. The highest BCUT2D eigenvalue weighted by Crippen LogP contribution is 2.26. The third-order valence-corrected chi connectivity index (χ3v) is 2.70. The maximum absolute atomic E-state index is 5.53. The van der Waals surface area contributed by atoms with Gasteiger partial charge in [0.1, 0.15) is 5.52 Å². The van der Waals surface area contributed by atoms with Crippen LogP contribution in [0.1, 0.15) is 0 Å². The molecule has 2 heterocycles. The Morgan fingerprint density at radius 3 is 3.00 bits per heavy atom. The third kappa shape index (κ3) is 1.61. The molecule has 74 valence electrons. The summed E-state index contributed by atoms with van der Waals surface area (Å²) in [5.41, 5.74) is 1.66. The van der Waals surface area contributed by atoms with E-state index in [1.807, 2.05) is 24.3 Å². The number of oxazole rings is 1. The molecule has 3 aromatic rings. The first-order valence-corrected chi connectivity index (χ1v) is 5.26. The van der Waals surface area contributed by atoms with Gasteiger partial charge in [-0.15, -0.1) is 0 Å². The van der Waals surface area contributed by atoms with Gasteiger partial charge < -0.3 is 9.40 Å². The number of hydrogen-bond acceptors (Lipinski definition) is 4. The first kappa shape index (κ1) is 8.55. The van der Waals surface area contributed by atoms with E-state index >= 15 is 0 Å². The number of H-pyrrole nitrogens is 1. The van der Waals surface area contributed by atoms with E-state index in [0.29, 0.717) is 5.22 Å². The van der Waals surface area contributed by atoms with Gasteiger partial charge in [0.25, 0.3) is 5.22 Å². The second kappa shape index (κ2) is 3.43. The Labute approximate surface area is 89.7 Å². The van der Waals surface area contributed by atoms with Gasteiger partial charge in [-0.3, -0.25) is 0 Å². The molecule has 0 amide bonds. The summed E-state index contributed by atoms with van der Waals surface area (Å²) in [4.78, 5) is 11.4. The van der Waals surface area contributed by atoms with Crippen molar-refractivity contribution in [3.8, 4) is 0 Å². The van der Waals surface area contributed by atoms with Crippen molar-refractivity contribution in [2.75, 3.05) is 0 Å². The van der Waals surface area contributed by atoms with E-state index in [1.165, 1.54) is 11.8 Å². The molecule has 0 saturated heterocycles. The summed E-state index contributed by atoms with van der Waals surface area (Å²) in [6, 6.07) is 7.68. The topological polar surface area (TPSA) is 54.7 Å². The van der Waals surface area contributed by atoms with Crippen LogP contribution in [0, 0.1) is 0 Å². The van der Waals surface area contributed by atoms with Crippen LogP contribution in [0.25, 0.3) is 11.1 Å². The zero-order chi connectivity index (χ0) is 10.1. The molecule has 0 fully saturated rings. The summed E-state index contributed by atoms with van der Waals surface area (Å²) in [7, 11) is 0. The molecule has 0 radical (unpaired) electrons. The number of para-hydroxylation sites is 2. The number of benzene rings is 1. The summed E-state index contributed by atoms with van der Waals surface area (Å²) >= 11 is 1.38. The largest absolute Gasteiger partial charge is 0.431 e. The molecule has 0 saturated carbocycles. The summed E-state index contributed by atoms with van der Waals surface area (Å²) < 4.78 is 5.53. The van der Waals surface area contributed by atoms with Gasteiger partial charge >= 0.3 is 0 Å². The molecule has 0 bridgehead atoms. The van der Waals surface area contributed by atoms with Crippen molar-refractivity contribution in [1.29, 1.82) is 0 Å². The lowest BCUT2D eigenvalue weighted by atomic mass is 10.3. The maximum atomic E-state index is 5.53. The monoisotopic (exact) mass is 217 g/mol. The number of aromatic nitrogens is 3. The van der Waals surface area contributed by atoms with Crippen molar-refractivity contribution in [1.82, 2.24) is 15.0 Å². The van der Waals surface area contributed by atoms with E-state index in [4.69, 9.17) is 4.42 Å². The van der Waals surface area contributed by atoms with Gasteiger partial charge in [0, 0.05) is 24.2 Å². The molecule has 3 rings (SSSR count). The number of hydrogen-bond donors (Lipinski definition) is 1. The minimum Gasteiger partial charge on any atom is -0.431 e. The molecule has 2 aromatic heterocycles. The lowest BCUT2D eigenvalue weighted by Crippen LogP contribution is -1.74. The SMILES string of the molecule is c1ccc2oc(Sc3ncc[nH]3)nc2c1. The fraction of sp³-hybridized carbons (Fsp3) is 0. The second-order valence-electron chi connectivity index (χ2n) is 2.94. The van der Waals surface area contributed by atoms with E-state index in [2.05, 4.69) is 15.0 Å². The molecule has 0 aliphatic rings. The summed E-state index contributed by atoms with van der Waals surface area (Å²) in [5.74, 6) is 0. The minimum absolute atomic E-state index is 0.603. The smallest absolute Gasteiger partial charge is 0.264 e. The van der Waals surface area contributed by atoms with Crippen molar-refractivity contribution in [3.63, 3.8) is 0 Å². The average molecular weight is 217 g/mol. The number of imidazole rings is 1. The van der Waals surface area contributed by atoms with Crippen LogP contribution in [0.2, 0.25) is 0 Å². The highest BCUT2D eigenvalue weighted by Gasteiger charge is 2.07. The molecule has 1 N–H and O–H groups in total. The van der Waals surface area contributed by atoms with Crippen LogP contribution in [0.15, 0.2) is 51.5 Å². The van der Waals surface area contributed by atoms with Gasteiger partial charge in [-0.2, -0.15) is 0 Å². The van der Waals surface area contributed by atoms with Crippen LogP contribution in [0.5, 0.6) is 0 Å². The molecule has 0 atom stereocenters. The Kier molecular flexibility index (Phi) is 1.96. The fourth-order valence-electron chi connectivity index (χ4n) is 1.28. The number of rotatable bonds is 2. The minimum atomic E-state index is 0.603. The molecule has 4 nitrogen and oxygen atoms in total. The van der Waals surface area contributed by atoms with Crippen molar-refractivity contribution < 1.29 is 4.42 Å². The zero-order valence-corrected chi connectivity index (χ0v) is 8.49. The zero-order valence-electron chi connectivity index (χ0n) is 7.68. The van der Waals surface area contributed by atoms with E-state index in [-0.39, 0.29) is 0 Å². The number of nitrogens with one attached hydrogen (secondary N) is 1. The molecule has 0 unspecified atom stereocenters. The Morgan fingerprint density at radius 2 is 2.20 bits per heavy atom. The Hall–Kier alpha value is -1.75. The van der Waals surface area contributed by atoms with Crippen LogP contribution >= 0.6 is 11.8 Å². The van der Waals surface area contributed by atoms with Crippen LogP contribution in [0.3, 0.4) is 0 Å². The van der Waals surface area contributed by atoms with Crippen LogP contribution < -0.4 is 0 Å². The van der Waals surface area contributed by atoms with Gasteiger partial charge in [0.15, 0.2) is 10.7 Å². The van der Waals surface area contributed by atoms with Crippen LogP contribution in [-0.4, -0.2) is 15.0 Å². The summed E-state index contributed by atoms with van der Waals surface area (Å²) in [6.07, 6.45) is 3.47. The lowest BCUT2D eigenvalue weighted by Gasteiger charge is -1.87. The second-order valence-corrected chi connectivity index (χ2v) is 3.88. The highest BCUT2D eigenvalue weighted by atomic mass is 32.2. The predicted octanol–water partition coefficient (Wildman–Crippen LogP) is 2.70. The van der Waals surface area contributed by atoms with Crippen molar-refractivity contribution in [2.45, 2.75) is 10.4 Å². The van der Waals surface area contributed by atoms with Crippen LogP contribution in [0.4, 0.5) is 0 Å². The third-order valence-electron chi connectivity index (χ3n) is 1.93. The van der Waals surface area contributed by atoms with Gasteiger partial charge in [0.2, 0.25) is 0 Å². The Morgan fingerprint density at radius 1 is 1.27 bits per heavy atom. The van der Waals surface area contributed by atoms with Gasteiger partial charge in [-0.1, -0.05) is 12.1 Å². The predicted molar refractivity (Wildman–Crippen MR) is 56.7 cm³/mol. The van der Waals surface area contributed by atoms with E-state index in [1.54, 1.807) is 12.4 Å². The van der Waals surface area contributed by atoms with Gasteiger partial charge in [-0.25, -0.2) is 9.97 Å². The first-order chi connectivity index (χ1) is 7.42. The first-order valence-electron chi connectivity index (χ1n) is 4.44. The maximum Gasteiger partial charge on any atom is 0.264 e. The molecule has 0 spiro atoms. The number of nitrogens with zero attached hydrogens (tertiary/aromatic N) is 2. The summed E-state index contributed by atoms with van der Waals surface area (Å²) in [6.45, 7) is 0. The van der Waals surface area contributed by atoms with Gasteiger partial charge in [0.05, 0.1) is 0 Å². The molecule has 0 aliphatic carbocycles. The normalized spacial score (nSPS) is 10.9. The molecule has 0 aliphatic heterocycles. The van der Waals surface area contributed by atoms with Crippen molar-refractivity contribution >= 4 is 22.9 Å². The molecular weight excluding hydrogens is 210 g/mol. The summed E-state index contributed by atoms with van der Waals surface area (Å²) in [5, 5.41) is 1.38. The van der Waals surface area contributed by atoms with Crippen LogP contribution in [-0.2, 0) is 0 Å². The standard InChI is InChI=1S/C10H7N3OS/c1-2-4-8-7(3-1)13-10(14-8)15-9-11-5-6-12-9/h1-6H,(H,11,12). The molecule has 5 heteroatoms. The van der Waals surface area contributed by atoms with Crippen molar-refractivity contribution in [2.24, 2.45) is 0 Å². The molecule has 15 heavy (non-hydrogen) atoms. The van der Waals surface area contributed by atoms with E-state index in [9.17, 15) is 0 Å². The molecule has 1 aromatic carbocycles. The van der Waals surface area contributed by atoms with Gasteiger partial charge in [-0.05, 0) is 12.1 Å². The lowest BCUT2D eigenvalue weighted by molar-refractivity contribution is 0.489. The van der Waals surface area contributed by atoms with E-state index in [0.717, 1.165) is 16.3 Å². The number of aromatic amines is 1. The highest BCUT2D eigenvalue weighted by molar-refractivity contribution is 7.98. The Bertz CT molecular complexity index is 540. The molecular formula is C10H7N3OS. The van der Waals surface area contributed by atoms with Crippen molar-refractivity contribution in [3.05, 3.63) is 36.7 Å². The van der Waals surface area contributed by atoms with E-state index < -0.39 is 0 Å².